The van der Waals surface area contributed by atoms with Crippen molar-refractivity contribution in [2.45, 2.75) is 0 Å². The Morgan fingerprint density at radius 3 is 2.81 bits per heavy atom. The maximum atomic E-state index is 12.2. The van der Waals surface area contributed by atoms with Gasteiger partial charge >= 0.3 is 5.69 Å². The number of fused-ring (bicyclic) bond motifs is 2. The molecule has 21 heavy (non-hydrogen) atoms. The highest BCUT2D eigenvalue weighted by atomic mass is 16.2. The number of aromatic amines is 1. The molecule has 0 unspecified atom stereocenters. The van der Waals surface area contributed by atoms with Crippen molar-refractivity contribution < 1.29 is 0 Å². The van der Waals surface area contributed by atoms with Crippen molar-refractivity contribution in [2.75, 3.05) is 11.5 Å². The van der Waals surface area contributed by atoms with Gasteiger partial charge < -0.3 is 11.5 Å². The second-order valence-electron chi connectivity index (χ2n) is 4.23. The SMILES string of the molecule is Nc1ncc2ncn(-n3c(=O)[nH]c4c(N)ncnc43)c2n1. The second-order valence-corrected chi connectivity index (χ2v) is 4.23. The van der Waals surface area contributed by atoms with Crippen LogP contribution in [-0.4, -0.2) is 39.3 Å². The third-order valence-electron chi connectivity index (χ3n) is 2.99. The van der Waals surface area contributed by atoms with Crippen molar-refractivity contribution in [1.82, 2.24) is 39.3 Å². The fourth-order valence-corrected chi connectivity index (χ4v) is 2.08. The van der Waals surface area contributed by atoms with E-state index in [-0.39, 0.29) is 11.8 Å². The number of rotatable bonds is 1. The Hall–Kier alpha value is -3.50. The zero-order valence-corrected chi connectivity index (χ0v) is 10.4. The first kappa shape index (κ1) is 11.3. The van der Waals surface area contributed by atoms with Crippen molar-refractivity contribution in [2.24, 2.45) is 0 Å². The zero-order valence-electron chi connectivity index (χ0n) is 10.4. The molecule has 0 saturated heterocycles. The van der Waals surface area contributed by atoms with Crippen LogP contribution in [0, 0.1) is 0 Å². The van der Waals surface area contributed by atoms with Crippen LogP contribution in [0.1, 0.15) is 0 Å². The van der Waals surface area contributed by atoms with E-state index in [1.165, 1.54) is 28.2 Å². The zero-order chi connectivity index (χ0) is 14.6. The number of imidazole rings is 2. The van der Waals surface area contributed by atoms with Crippen LogP contribution in [0.15, 0.2) is 23.6 Å². The Labute approximate surface area is 115 Å². The number of hydrogen-bond acceptors (Lipinski definition) is 8. The summed E-state index contributed by atoms with van der Waals surface area (Å²) in [6, 6.07) is 0. The van der Waals surface area contributed by atoms with Gasteiger partial charge in [-0.3, -0.25) is 4.98 Å². The van der Waals surface area contributed by atoms with Gasteiger partial charge in [-0.2, -0.15) is 9.66 Å². The molecular weight excluding hydrogens is 276 g/mol. The number of anilines is 2. The maximum Gasteiger partial charge on any atom is 0.347 e. The monoisotopic (exact) mass is 284 g/mol. The van der Waals surface area contributed by atoms with Crippen molar-refractivity contribution in [3.05, 3.63) is 29.3 Å². The molecule has 0 amide bonds. The van der Waals surface area contributed by atoms with Gasteiger partial charge in [0.1, 0.15) is 23.7 Å². The lowest BCUT2D eigenvalue weighted by atomic mass is 10.5. The molecule has 0 aliphatic heterocycles. The molecule has 0 saturated carbocycles. The second kappa shape index (κ2) is 3.75. The molecule has 104 valence electrons. The van der Waals surface area contributed by atoms with Crippen LogP contribution in [0.2, 0.25) is 0 Å². The minimum Gasteiger partial charge on any atom is -0.382 e. The van der Waals surface area contributed by atoms with E-state index in [1.807, 2.05) is 0 Å². The molecule has 0 bridgehead atoms. The van der Waals surface area contributed by atoms with Gasteiger partial charge in [0, 0.05) is 0 Å². The van der Waals surface area contributed by atoms with Crippen LogP contribution in [0.25, 0.3) is 22.3 Å². The van der Waals surface area contributed by atoms with Gasteiger partial charge in [-0.25, -0.2) is 29.4 Å². The standard InChI is InChI=1S/C10H8N10O/c11-6-5-8(15-2-14-6)20(10(21)17-5)19-3-16-4-1-13-9(12)18-7(4)19/h1-3H,(H,17,21)(H2,11,14,15)(H2,12,13,18). The van der Waals surface area contributed by atoms with Crippen LogP contribution >= 0.6 is 0 Å². The molecule has 4 rings (SSSR count). The fraction of sp³-hybridized carbons (Fsp3) is 0. The molecule has 0 aromatic carbocycles. The fourth-order valence-electron chi connectivity index (χ4n) is 2.08. The number of nitrogens with two attached hydrogens (primary N) is 2. The minimum absolute atomic E-state index is 0.0753. The molecule has 0 radical (unpaired) electrons. The molecular formula is C10H8N10O. The lowest BCUT2D eigenvalue weighted by Gasteiger charge is -2.04. The van der Waals surface area contributed by atoms with E-state index in [0.717, 1.165) is 0 Å². The topological polar surface area (TPSA) is 159 Å². The Morgan fingerprint density at radius 1 is 1.10 bits per heavy atom. The first-order valence-electron chi connectivity index (χ1n) is 5.82. The highest BCUT2D eigenvalue weighted by Crippen LogP contribution is 2.15. The number of hydrogen-bond donors (Lipinski definition) is 3. The molecule has 0 atom stereocenters. The molecule has 4 heterocycles. The molecule has 0 spiro atoms. The van der Waals surface area contributed by atoms with Crippen LogP contribution in [0.4, 0.5) is 11.8 Å². The summed E-state index contributed by atoms with van der Waals surface area (Å²) < 4.78 is 2.66. The minimum atomic E-state index is -0.450. The van der Waals surface area contributed by atoms with Crippen molar-refractivity contribution in [3.8, 4) is 0 Å². The van der Waals surface area contributed by atoms with E-state index in [4.69, 9.17) is 11.5 Å². The average molecular weight is 284 g/mol. The van der Waals surface area contributed by atoms with Gasteiger partial charge in [-0.05, 0) is 0 Å². The predicted molar refractivity (Wildman–Crippen MR) is 73.1 cm³/mol. The van der Waals surface area contributed by atoms with Crippen LogP contribution in [-0.2, 0) is 0 Å². The summed E-state index contributed by atoms with van der Waals surface area (Å²) in [6.07, 6.45) is 4.16. The number of nitrogen functional groups attached to an aromatic ring is 2. The van der Waals surface area contributed by atoms with Gasteiger partial charge in [-0.1, -0.05) is 0 Å². The maximum absolute atomic E-state index is 12.2. The summed E-state index contributed by atoms with van der Waals surface area (Å²) in [5.74, 6) is 0.251. The third-order valence-corrected chi connectivity index (χ3v) is 2.99. The Kier molecular flexibility index (Phi) is 2.03. The Morgan fingerprint density at radius 2 is 1.95 bits per heavy atom. The van der Waals surface area contributed by atoms with Gasteiger partial charge in [0.2, 0.25) is 5.95 Å². The van der Waals surface area contributed by atoms with Crippen LogP contribution in [0.5, 0.6) is 0 Å². The van der Waals surface area contributed by atoms with Gasteiger partial charge in [0.15, 0.2) is 17.1 Å². The van der Waals surface area contributed by atoms with E-state index in [0.29, 0.717) is 22.3 Å². The van der Waals surface area contributed by atoms with Crippen LogP contribution in [0.3, 0.4) is 0 Å². The molecule has 0 aliphatic rings. The largest absolute Gasteiger partial charge is 0.382 e. The van der Waals surface area contributed by atoms with E-state index in [1.54, 1.807) is 0 Å². The summed E-state index contributed by atoms with van der Waals surface area (Å²) >= 11 is 0. The first-order valence-corrected chi connectivity index (χ1v) is 5.82. The Bertz CT molecular complexity index is 1040. The molecule has 0 fully saturated rings. The van der Waals surface area contributed by atoms with Crippen molar-refractivity contribution >= 4 is 34.1 Å². The quantitative estimate of drug-likeness (QED) is 0.390. The van der Waals surface area contributed by atoms with Crippen molar-refractivity contribution in [3.63, 3.8) is 0 Å². The summed E-state index contributed by atoms with van der Waals surface area (Å²) in [5.41, 5.74) is 12.4. The first-order chi connectivity index (χ1) is 10.1. The number of nitrogens with one attached hydrogen (secondary N) is 1. The normalized spacial score (nSPS) is 11.4. The summed E-state index contributed by atoms with van der Waals surface area (Å²) in [7, 11) is 0. The molecule has 0 aliphatic carbocycles. The smallest absolute Gasteiger partial charge is 0.347 e. The van der Waals surface area contributed by atoms with Crippen molar-refractivity contribution in [1.29, 1.82) is 0 Å². The lowest BCUT2D eigenvalue weighted by molar-refractivity contribution is 0.661. The third kappa shape index (κ3) is 1.47. The molecule has 11 heteroatoms. The molecule has 11 nitrogen and oxygen atoms in total. The van der Waals surface area contributed by atoms with E-state index in [2.05, 4.69) is 29.9 Å². The van der Waals surface area contributed by atoms with E-state index in [9.17, 15) is 4.79 Å². The average Bonchev–Trinajstić information content (AvgIpc) is 3.00. The van der Waals surface area contributed by atoms with Gasteiger partial charge in [0.25, 0.3) is 0 Å². The molecule has 5 N–H and O–H groups in total. The highest BCUT2D eigenvalue weighted by Gasteiger charge is 2.15. The number of aromatic nitrogens is 8. The number of H-pyrrole nitrogens is 1. The molecule has 4 aromatic heterocycles. The van der Waals surface area contributed by atoms with Crippen LogP contribution < -0.4 is 17.2 Å². The predicted octanol–water partition coefficient (Wildman–Crippen LogP) is -1.26. The summed E-state index contributed by atoms with van der Waals surface area (Å²) in [5, 5.41) is 0. The molecule has 4 aromatic rings. The van der Waals surface area contributed by atoms with Gasteiger partial charge in [0.05, 0.1) is 6.20 Å². The lowest BCUT2D eigenvalue weighted by Crippen LogP contribution is -2.23. The van der Waals surface area contributed by atoms with E-state index < -0.39 is 5.69 Å². The highest BCUT2D eigenvalue weighted by molar-refractivity contribution is 5.81. The Balaban J connectivity index is 2.14. The number of nitrogens with zero attached hydrogens (tertiary/aromatic N) is 7. The van der Waals surface area contributed by atoms with E-state index >= 15 is 0 Å². The van der Waals surface area contributed by atoms with Gasteiger partial charge in [-0.15, -0.1) is 0 Å². The summed E-state index contributed by atoms with van der Waals surface area (Å²) in [4.78, 5) is 34.7. The summed E-state index contributed by atoms with van der Waals surface area (Å²) in [6.45, 7) is 0.